The van der Waals surface area contributed by atoms with Crippen molar-refractivity contribution in [3.8, 4) is 0 Å². The third-order valence-corrected chi connectivity index (χ3v) is 2.00. The highest BCUT2D eigenvalue weighted by Gasteiger charge is 2.09. The van der Waals surface area contributed by atoms with Crippen LogP contribution in [0.15, 0.2) is 24.3 Å². The molecular weight excluding hydrogens is 168 g/mol. The van der Waals surface area contributed by atoms with Gasteiger partial charge in [-0.15, -0.1) is 0 Å². The van der Waals surface area contributed by atoms with Crippen molar-refractivity contribution >= 4 is 5.97 Å². The Kier molecular flexibility index (Phi) is 4.26. The number of ether oxygens (including phenoxy) is 1. The van der Waals surface area contributed by atoms with Gasteiger partial charge in [0.1, 0.15) is 0 Å². The van der Waals surface area contributed by atoms with Gasteiger partial charge < -0.3 is 9.84 Å². The van der Waals surface area contributed by atoms with E-state index in [0.29, 0.717) is 5.92 Å². The van der Waals surface area contributed by atoms with Gasteiger partial charge in [-0.1, -0.05) is 18.2 Å². The number of hydrogen-bond donors (Lipinski definition) is 1. The van der Waals surface area contributed by atoms with Crippen molar-refractivity contribution in [2.45, 2.75) is 12.8 Å². The number of carbonyl (C=O) groups is 1. The third-order valence-electron chi connectivity index (χ3n) is 2.00. The van der Waals surface area contributed by atoms with Crippen molar-refractivity contribution in [1.82, 2.24) is 0 Å². The van der Waals surface area contributed by atoms with Gasteiger partial charge in [0.2, 0.25) is 0 Å². The van der Waals surface area contributed by atoms with Crippen molar-refractivity contribution in [3.63, 3.8) is 0 Å². The molecule has 1 rings (SSSR count). The highest BCUT2D eigenvalue weighted by molar-refractivity contribution is 5.80. The lowest BCUT2D eigenvalue weighted by molar-refractivity contribution is -0.131. The molecule has 0 aromatic rings. The van der Waals surface area contributed by atoms with Crippen molar-refractivity contribution in [1.29, 1.82) is 0 Å². The van der Waals surface area contributed by atoms with Gasteiger partial charge in [0.15, 0.2) is 0 Å². The quantitative estimate of drug-likeness (QED) is 0.532. The molecule has 72 valence electrons. The smallest absolute Gasteiger partial charge is 0.328 e. The van der Waals surface area contributed by atoms with Gasteiger partial charge in [-0.2, -0.15) is 0 Å². The highest BCUT2D eigenvalue weighted by Crippen LogP contribution is 2.15. The van der Waals surface area contributed by atoms with E-state index in [1.165, 1.54) is 0 Å². The fourth-order valence-electron chi connectivity index (χ4n) is 1.27. The SMILES string of the molecule is O=C(O)/C=C/C=C/C1CCOCC1. The number of carboxylic acid groups (broad SMARTS) is 1. The first-order valence-corrected chi connectivity index (χ1v) is 4.44. The minimum Gasteiger partial charge on any atom is -0.478 e. The van der Waals surface area contributed by atoms with Crippen molar-refractivity contribution in [3.05, 3.63) is 24.3 Å². The van der Waals surface area contributed by atoms with Gasteiger partial charge in [-0.3, -0.25) is 0 Å². The molecule has 1 heterocycles. The summed E-state index contributed by atoms with van der Waals surface area (Å²) in [7, 11) is 0. The number of hydrogen-bond acceptors (Lipinski definition) is 2. The van der Waals surface area contributed by atoms with Crippen molar-refractivity contribution in [2.24, 2.45) is 5.92 Å². The summed E-state index contributed by atoms with van der Waals surface area (Å²) in [4.78, 5) is 10.1. The maximum Gasteiger partial charge on any atom is 0.328 e. The first-order valence-electron chi connectivity index (χ1n) is 4.44. The largest absolute Gasteiger partial charge is 0.478 e. The molecule has 0 aromatic heterocycles. The van der Waals surface area contributed by atoms with Crippen LogP contribution in [0.2, 0.25) is 0 Å². The van der Waals surface area contributed by atoms with Crippen LogP contribution in [-0.2, 0) is 9.53 Å². The fraction of sp³-hybridized carbons (Fsp3) is 0.500. The Labute approximate surface area is 77.7 Å². The van der Waals surface area contributed by atoms with E-state index in [-0.39, 0.29) is 0 Å². The zero-order valence-electron chi connectivity index (χ0n) is 7.48. The number of carboxylic acids is 1. The van der Waals surface area contributed by atoms with E-state index < -0.39 is 5.97 Å². The van der Waals surface area contributed by atoms with Crippen LogP contribution in [0, 0.1) is 5.92 Å². The van der Waals surface area contributed by atoms with Crippen LogP contribution in [0.5, 0.6) is 0 Å². The second-order valence-electron chi connectivity index (χ2n) is 3.03. The summed E-state index contributed by atoms with van der Waals surface area (Å²) < 4.78 is 5.20. The molecule has 0 bridgehead atoms. The topological polar surface area (TPSA) is 46.5 Å². The van der Waals surface area contributed by atoms with Gasteiger partial charge in [-0.25, -0.2) is 4.79 Å². The van der Waals surface area contributed by atoms with Gasteiger partial charge in [0.25, 0.3) is 0 Å². The zero-order chi connectivity index (χ0) is 9.52. The van der Waals surface area contributed by atoms with E-state index in [1.54, 1.807) is 12.2 Å². The molecule has 3 heteroatoms. The first-order chi connectivity index (χ1) is 6.29. The molecule has 1 fully saturated rings. The summed E-state index contributed by atoms with van der Waals surface area (Å²) in [5, 5.41) is 8.31. The van der Waals surface area contributed by atoms with Gasteiger partial charge in [0.05, 0.1) is 0 Å². The molecule has 1 N–H and O–H groups in total. The minimum atomic E-state index is -0.906. The van der Waals surface area contributed by atoms with Gasteiger partial charge in [0, 0.05) is 19.3 Å². The molecule has 1 aliphatic heterocycles. The first kappa shape index (κ1) is 9.99. The maximum absolute atomic E-state index is 10.1. The Morgan fingerprint density at radius 2 is 2.00 bits per heavy atom. The fourth-order valence-corrected chi connectivity index (χ4v) is 1.27. The van der Waals surface area contributed by atoms with Crippen LogP contribution >= 0.6 is 0 Å². The Bertz CT molecular complexity index is 212. The molecule has 3 nitrogen and oxygen atoms in total. The summed E-state index contributed by atoms with van der Waals surface area (Å²) in [6.45, 7) is 1.63. The summed E-state index contributed by atoms with van der Waals surface area (Å²) in [5.74, 6) is -0.358. The lowest BCUT2D eigenvalue weighted by atomic mass is 10.00. The summed E-state index contributed by atoms with van der Waals surface area (Å²) in [6.07, 6.45) is 8.61. The van der Waals surface area contributed by atoms with Gasteiger partial charge >= 0.3 is 5.97 Å². The molecule has 0 unspecified atom stereocenters. The molecule has 1 saturated heterocycles. The highest BCUT2D eigenvalue weighted by atomic mass is 16.5. The van der Waals surface area contributed by atoms with Gasteiger partial charge in [-0.05, 0) is 18.8 Å². The summed E-state index contributed by atoms with van der Waals surface area (Å²) in [6, 6.07) is 0. The average molecular weight is 182 g/mol. The monoisotopic (exact) mass is 182 g/mol. The molecule has 0 aliphatic carbocycles. The van der Waals surface area contributed by atoms with E-state index in [2.05, 4.69) is 0 Å². The second kappa shape index (κ2) is 5.54. The average Bonchev–Trinajstić information content (AvgIpc) is 2.14. The number of rotatable bonds is 3. The van der Waals surface area contributed by atoms with E-state index in [1.807, 2.05) is 6.08 Å². The Morgan fingerprint density at radius 3 is 2.62 bits per heavy atom. The summed E-state index contributed by atoms with van der Waals surface area (Å²) in [5.41, 5.74) is 0. The predicted octanol–water partition coefficient (Wildman–Crippen LogP) is 1.61. The summed E-state index contributed by atoms with van der Waals surface area (Å²) >= 11 is 0. The Balaban J connectivity index is 2.25. The van der Waals surface area contributed by atoms with Crippen LogP contribution in [-0.4, -0.2) is 24.3 Å². The van der Waals surface area contributed by atoms with Crippen LogP contribution in [0.1, 0.15) is 12.8 Å². The third kappa shape index (κ3) is 4.48. The standard InChI is InChI=1S/C10H14O3/c11-10(12)4-2-1-3-9-5-7-13-8-6-9/h1-4,9H,5-8H2,(H,11,12)/b3-1+,4-2+. The zero-order valence-corrected chi connectivity index (χ0v) is 7.48. The molecule has 0 amide bonds. The minimum absolute atomic E-state index is 0.548. The maximum atomic E-state index is 10.1. The molecule has 13 heavy (non-hydrogen) atoms. The normalized spacial score (nSPS) is 20.0. The molecule has 0 atom stereocenters. The Hall–Kier alpha value is -1.09. The Morgan fingerprint density at radius 1 is 1.31 bits per heavy atom. The van der Waals surface area contributed by atoms with E-state index >= 15 is 0 Å². The molecule has 1 aliphatic rings. The molecule has 0 aromatic carbocycles. The second-order valence-corrected chi connectivity index (χ2v) is 3.03. The number of aliphatic carboxylic acids is 1. The number of allylic oxidation sites excluding steroid dienone is 3. The van der Waals surface area contributed by atoms with Crippen LogP contribution in [0.4, 0.5) is 0 Å². The van der Waals surface area contributed by atoms with Crippen LogP contribution in [0.3, 0.4) is 0 Å². The lowest BCUT2D eigenvalue weighted by Crippen LogP contribution is -2.13. The van der Waals surface area contributed by atoms with E-state index in [9.17, 15) is 4.79 Å². The predicted molar refractivity (Wildman–Crippen MR) is 49.5 cm³/mol. The van der Waals surface area contributed by atoms with Crippen LogP contribution in [0.25, 0.3) is 0 Å². The molecule has 0 spiro atoms. The van der Waals surface area contributed by atoms with E-state index in [4.69, 9.17) is 9.84 Å². The lowest BCUT2D eigenvalue weighted by Gasteiger charge is -2.18. The van der Waals surface area contributed by atoms with Crippen molar-refractivity contribution < 1.29 is 14.6 Å². The molecular formula is C10H14O3. The van der Waals surface area contributed by atoms with Crippen molar-refractivity contribution in [2.75, 3.05) is 13.2 Å². The molecule has 0 radical (unpaired) electrons. The molecule has 0 saturated carbocycles. The van der Waals surface area contributed by atoms with E-state index in [0.717, 1.165) is 32.1 Å². The van der Waals surface area contributed by atoms with Crippen LogP contribution < -0.4 is 0 Å².